The van der Waals surface area contributed by atoms with Crippen LogP contribution in [0.3, 0.4) is 0 Å². The number of carbonyl (C=O) groups is 4. The molecule has 0 unspecified atom stereocenters. The molecule has 0 aliphatic heterocycles. The van der Waals surface area contributed by atoms with Crippen molar-refractivity contribution < 1.29 is 39.6 Å². The topological polar surface area (TPSA) is 161 Å². The van der Waals surface area contributed by atoms with E-state index in [0.717, 1.165) is 51.4 Å². The molecular weight excluding hydrogens is 637 g/mol. The molecule has 9 heteroatoms. The van der Waals surface area contributed by atoms with Crippen molar-refractivity contribution in [2.75, 3.05) is 0 Å². The van der Waals surface area contributed by atoms with Gasteiger partial charge >= 0.3 is 11.0 Å². The van der Waals surface area contributed by atoms with E-state index in [1.165, 1.54) is 128 Å². The molecule has 0 aliphatic carbocycles. The zero-order valence-electron chi connectivity index (χ0n) is 32.4. The third-order valence-corrected chi connectivity index (χ3v) is 7.94. The fourth-order valence-corrected chi connectivity index (χ4v) is 4.91. The summed E-state index contributed by atoms with van der Waals surface area (Å²) in [7, 11) is 0. The van der Waals surface area contributed by atoms with Gasteiger partial charge in [-0.2, -0.15) is 0 Å². The Hall–Kier alpha value is -1.90. The molecule has 0 radical (unpaired) electrons. The Morgan fingerprint density at radius 3 is 0.510 bits per heavy atom. The summed E-state index contributed by atoms with van der Waals surface area (Å²) in [6.07, 6.45) is 33.4. The summed E-state index contributed by atoms with van der Waals surface area (Å²) >= 11 is 0. The molecule has 0 aromatic rings. The van der Waals surface area contributed by atoms with Crippen LogP contribution < -0.4 is 20.4 Å². The summed E-state index contributed by atoms with van der Waals surface area (Å²) in [5, 5.41) is 40.1. The normalized spacial score (nSPS) is 9.88. The predicted molar refractivity (Wildman–Crippen MR) is 196 cm³/mol. The van der Waals surface area contributed by atoms with Gasteiger partial charge in [0, 0.05) is 23.9 Å². The van der Waals surface area contributed by atoms with Gasteiger partial charge in [0.2, 0.25) is 0 Å². The fourth-order valence-electron chi connectivity index (χ4n) is 4.91. The molecule has 0 amide bonds. The number of carbonyl (C=O) groups excluding carboxylic acids is 4. The van der Waals surface area contributed by atoms with Crippen LogP contribution in [-0.2, 0) is 19.2 Å². The van der Waals surface area contributed by atoms with E-state index in [0.29, 0.717) is 0 Å². The summed E-state index contributed by atoms with van der Waals surface area (Å²) < 4.78 is 0. The van der Waals surface area contributed by atoms with Crippen LogP contribution in [0.1, 0.15) is 233 Å². The second kappa shape index (κ2) is 52.9. The van der Waals surface area contributed by atoms with Crippen molar-refractivity contribution in [3.63, 3.8) is 0 Å². The first-order valence-electron chi connectivity index (χ1n) is 19.9. The van der Waals surface area contributed by atoms with E-state index >= 15 is 0 Å². The smallest absolute Gasteiger partial charge is 0.550 e. The van der Waals surface area contributed by atoms with Crippen LogP contribution in [0.25, 0.3) is 0 Å². The predicted octanol–water partition coefficient (Wildman–Crippen LogP) is 7.13. The second-order valence-corrected chi connectivity index (χ2v) is 13.0. The van der Waals surface area contributed by atoms with Gasteiger partial charge in [0.15, 0.2) is 0 Å². The maximum absolute atomic E-state index is 10.0. The third kappa shape index (κ3) is 77.1. The van der Waals surface area contributed by atoms with Crippen molar-refractivity contribution in [3.05, 3.63) is 0 Å². The number of carboxylic acid groups (broad SMARTS) is 4. The molecule has 0 spiro atoms. The summed E-state index contributed by atoms with van der Waals surface area (Å²) in [6.45, 7) is 8.76. The first-order chi connectivity index (χ1) is 23.1. The van der Waals surface area contributed by atoms with Gasteiger partial charge in [-0.15, -0.1) is 0 Å². The van der Waals surface area contributed by atoms with Gasteiger partial charge < -0.3 is 39.6 Å². The molecule has 0 atom stereocenters. The quantitative estimate of drug-likeness (QED) is 0.0526. The van der Waals surface area contributed by atoms with E-state index < -0.39 is 23.9 Å². The SMILES string of the molecule is CCCCCCCCCC(=O)[O-].CCCCCCCCCC(=O)[O-].CCCCCCCCCC(=O)[O-].CCCCCCCCCC(=O)[O-].[Si+4]. The molecule has 0 aromatic carbocycles. The summed E-state index contributed by atoms with van der Waals surface area (Å²) in [5.41, 5.74) is 0. The zero-order chi connectivity index (χ0) is 36.9. The van der Waals surface area contributed by atoms with Gasteiger partial charge in [-0.25, -0.2) is 0 Å². The molecule has 0 fully saturated rings. The minimum absolute atomic E-state index is 0. The van der Waals surface area contributed by atoms with Crippen molar-refractivity contribution in [2.24, 2.45) is 0 Å². The standard InChI is InChI=1S/4C10H20O2.Si/c4*1-2-3-4-5-6-7-8-9-10(11)12;/h4*2-9H2,1H3,(H,11,12);/q;;;;+4/p-4. The van der Waals surface area contributed by atoms with E-state index in [9.17, 15) is 39.6 Å². The minimum atomic E-state index is -0.913. The number of aliphatic carboxylic acids is 4. The van der Waals surface area contributed by atoms with Crippen LogP contribution in [0, 0.1) is 0 Å². The van der Waals surface area contributed by atoms with Crippen molar-refractivity contribution in [2.45, 2.75) is 233 Å². The van der Waals surface area contributed by atoms with Crippen LogP contribution in [0.15, 0.2) is 0 Å². The Kier molecular flexibility index (Phi) is 61.0. The number of unbranched alkanes of at least 4 members (excludes halogenated alkanes) is 24. The molecule has 0 saturated carbocycles. The van der Waals surface area contributed by atoms with Crippen molar-refractivity contribution in [1.29, 1.82) is 0 Å². The molecule has 8 nitrogen and oxygen atoms in total. The van der Waals surface area contributed by atoms with Crippen LogP contribution in [0.4, 0.5) is 0 Å². The van der Waals surface area contributed by atoms with Crippen LogP contribution in [-0.4, -0.2) is 34.8 Å². The molecular formula is C40H76O8Si. The fraction of sp³-hybridized carbons (Fsp3) is 0.900. The Bertz CT molecular complexity index is 561. The molecule has 0 N–H and O–H groups in total. The Labute approximate surface area is 307 Å². The van der Waals surface area contributed by atoms with Crippen LogP contribution in [0.5, 0.6) is 0 Å². The molecule has 49 heavy (non-hydrogen) atoms. The van der Waals surface area contributed by atoms with Gasteiger partial charge in [-0.05, 0) is 51.4 Å². The number of hydrogen-bond acceptors (Lipinski definition) is 8. The Morgan fingerprint density at radius 2 is 0.388 bits per heavy atom. The third-order valence-electron chi connectivity index (χ3n) is 7.94. The van der Waals surface area contributed by atoms with E-state index in [4.69, 9.17) is 0 Å². The van der Waals surface area contributed by atoms with Crippen molar-refractivity contribution >= 4 is 34.8 Å². The van der Waals surface area contributed by atoms with E-state index in [-0.39, 0.29) is 36.6 Å². The van der Waals surface area contributed by atoms with Gasteiger partial charge in [-0.1, -0.05) is 182 Å². The molecule has 0 saturated heterocycles. The molecule has 0 heterocycles. The number of rotatable bonds is 32. The van der Waals surface area contributed by atoms with E-state index in [2.05, 4.69) is 27.7 Å². The maximum atomic E-state index is 10.0. The molecule has 0 rings (SSSR count). The first kappa shape index (κ1) is 56.5. The first-order valence-corrected chi connectivity index (χ1v) is 19.9. The van der Waals surface area contributed by atoms with Gasteiger partial charge in [-0.3, -0.25) is 0 Å². The summed E-state index contributed by atoms with van der Waals surface area (Å²) in [5.74, 6) is -3.65. The van der Waals surface area contributed by atoms with Crippen LogP contribution in [0.2, 0.25) is 0 Å². The Balaban J connectivity index is -0.000000174. The largest absolute Gasteiger partial charge is 4.00 e. The minimum Gasteiger partial charge on any atom is -0.550 e. The molecule has 288 valence electrons. The number of hydrogen-bond donors (Lipinski definition) is 0. The van der Waals surface area contributed by atoms with Crippen LogP contribution >= 0.6 is 0 Å². The van der Waals surface area contributed by atoms with Gasteiger partial charge in [0.1, 0.15) is 0 Å². The monoisotopic (exact) mass is 713 g/mol. The molecule has 0 aliphatic rings. The molecule has 0 aromatic heterocycles. The van der Waals surface area contributed by atoms with E-state index in [1.54, 1.807) is 0 Å². The zero-order valence-corrected chi connectivity index (χ0v) is 33.4. The summed E-state index contributed by atoms with van der Waals surface area (Å²) in [6, 6.07) is 0. The summed E-state index contributed by atoms with van der Waals surface area (Å²) in [4.78, 5) is 40.1. The molecule has 0 bridgehead atoms. The Morgan fingerprint density at radius 1 is 0.265 bits per heavy atom. The van der Waals surface area contributed by atoms with Crippen molar-refractivity contribution in [3.8, 4) is 0 Å². The van der Waals surface area contributed by atoms with E-state index in [1.807, 2.05) is 0 Å². The van der Waals surface area contributed by atoms with Crippen molar-refractivity contribution in [1.82, 2.24) is 0 Å². The second-order valence-electron chi connectivity index (χ2n) is 13.0. The maximum Gasteiger partial charge on any atom is 4.00 e. The average molecular weight is 713 g/mol. The number of carboxylic acids is 4. The average Bonchev–Trinajstić information content (AvgIpc) is 3.03. The van der Waals surface area contributed by atoms with Gasteiger partial charge in [0.05, 0.1) is 0 Å². The van der Waals surface area contributed by atoms with Gasteiger partial charge in [0.25, 0.3) is 0 Å².